The number of aromatic nitrogens is 1. The van der Waals surface area contributed by atoms with Gasteiger partial charge in [0.15, 0.2) is 0 Å². The quantitative estimate of drug-likeness (QED) is 0.808. The third kappa shape index (κ3) is 1.75. The lowest BCUT2D eigenvalue weighted by Gasteiger charge is -2.06. The van der Waals surface area contributed by atoms with E-state index in [1.807, 2.05) is 6.92 Å². The van der Waals surface area contributed by atoms with Crippen LogP contribution in [0, 0.1) is 5.82 Å². The number of hydrogen-bond acceptors (Lipinski definition) is 2. The molecule has 0 fully saturated rings. The lowest BCUT2D eigenvalue weighted by Crippen LogP contribution is -1.95. The molecule has 0 atom stereocenters. The number of halogens is 2. The van der Waals surface area contributed by atoms with Crippen LogP contribution in [0.1, 0.15) is 12.6 Å². The van der Waals surface area contributed by atoms with E-state index in [0.717, 1.165) is 12.1 Å². The van der Waals surface area contributed by atoms with E-state index in [-0.39, 0.29) is 0 Å². The van der Waals surface area contributed by atoms with Crippen molar-refractivity contribution in [1.82, 2.24) is 4.98 Å². The number of aryl methyl sites for hydroxylation is 1. The highest BCUT2D eigenvalue weighted by Crippen LogP contribution is 2.28. The monoisotopic (exact) mass is 224 g/mol. The summed E-state index contributed by atoms with van der Waals surface area (Å²) in [5.41, 5.74) is 7.74. The van der Waals surface area contributed by atoms with Crippen LogP contribution >= 0.6 is 11.6 Å². The van der Waals surface area contributed by atoms with E-state index in [1.54, 1.807) is 6.07 Å². The summed E-state index contributed by atoms with van der Waals surface area (Å²) in [6.45, 7) is 1.98. The molecule has 0 radical (unpaired) electrons. The SMILES string of the molecule is CCc1cc(N)c2cc(F)cc(Cl)c2n1. The minimum Gasteiger partial charge on any atom is -0.398 e. The Hall–Kier alpha value is -1.35. The van der Waals surface area contributed by atoms with Crippen LogP contribution in [0.2, 0.25) is 5.02 Å². The van der Waals surface area contributed by atoms with Gasteiger partial charge in [-0.25, -0.2) is 4.39 Å². The van der Waals surface area contributed by atoms with E-state index >= 15 is 0 Å². The van der Waals surface area contributed by atoms with Crippen LogP contribution < -0.4 is 5.73 Å². The Balaban J connectivity index is 2.85. The molecule has 0 saturated heterocycles. The van der Waals surface area contributed by atoms with Gasteiger partial charge in [-0.3, -0.25) is 4.98 Å². The van der Waals surface area contributed by atoms with Crippen LogP contribution in [0.4, 0.5) is 10.1 Å². The van der Waals surface area contributed by atoms with E-state index in [1.165, 1.54) is 12.1 Å². The summed E-state index contributed by atoms with van der Waals surface area (Å²) in [4.78, 5) is 4.32. The summed E-state index contributed by atoms with van der Waals surface area (Å²) in [7, 11) is 0. The van der Waals surface area contributed by atoms with Crippen molar-refractivity contribution in [1.29, 1.82) is 0 Å². The fourth-order valence-electron chi connectivity index (χ4n) is 1.51. The van der Waals surface area contributed by atoms with Crippen molar-refractivity contribution in [2.45, 2.75) is 13.3 Å². The summed E-state index contributed by atoms with van der Waals surface area (Å²) in [6, 6.07) is 4.34. The predicted octanol–water partition coefficient (Wildman–Crippen LogP) is 3.17. The second-order valence-electron chi connectivity index (χ2n) is 3.34. The van der Waals surface area contributed by atoms with Crippen LogP contribution in [0.25, 0.3) is 10.9 Å². The largest absolute Gasteiger partial charge is 0.398 e. The average molecular weight is 225 g/mol. The Morgan fingerprint density at radius 1 is 1.40 bits per heavy atom. The number of nitrogen functional groups attached to an aromatic ring is 1. The molecule has 1 aromatic heterocycles. The molecule has 0 saturated carbocycles. The molecule has 4 heteroatoms. The topological polar surface area (TPSA) is 38.9 Å². The third-order valence-electron chi connectivity index (χ3n) is 2.28. The number of benzene rings is 1. The molecule has 1 aromatic carbocycles. The van der Waals surface area contributed by atoms with Gasteiger partial charge >= 0.3 is 0 Å². The second-order valence-corrected chi connectivity index (χ2v) is 3.75. The summed E-state index contributed by atoms with van der Waals surface area (Å²) >= 11 is 5.91. The molecule has 2 rings (SSSR count). The van der Waals surface area contributed by atoms with Gasteiger partial charge in [-0.05, 0) is 24.6 Å². The van der Waals surface area contributed by atoms with Crippen molar-refractivity contribution >= 4 is 28.2 Å². The van der Waals surface area contributed by atoms with E-state index in [4.69, 9.17) is 17.3 Å². The summed E-state index contributed by atoms with van der Waals surface area (Å²) < 4.78 is 13.1. The maximum Gasteiger partial charge on any atom is 0.125 e. The zero-order valence-electron chi connectivity index (χ0n) is 8.22. The molecule has 15 heavy (non-hydrogen) atoms. The normalized spacial score (nSPS) is 10.9. The van der Waals surface area contributed by atoms with Crippen LogP contribution in [-0.4, -0.2) is 4.98 Å². The first-order chi connectivity index (χ1) is 7.11. The summed E-state index contributed by atoms with van der Waals surface area (Å²) in [5.74, 6) is -0.398. The van der Waals surface area contributed by atoms with Crippen molar-refractivity contribution in [2.24, 2.45) is 0 Å². The fraction of sp³-hybridized carbons (Fsp3) is 0.182. The van der Waals surface area contributed by atoms with E-state index in [0.29, 0.717) is 21.6 Å². The van der Waals surface area contributed by atoms with Crippen molar-refractivity contribution < 1.29 is 4.39 Å². The van der Waals surface area contributed by atoms with E-state index in [9.17, 15) is 4.39 Å². The first-order valence-corrected chi connectivity index (χ1v) is 5.03. The maximum atomic E-state index is 13.1. The van der Waals surface area contributed by atoms with Crippen LogP contribution in [0.15, 0.2) is 18.2 Å². The third-order valence-corrected chi connectivity index (χ3v) is 2.57. The molecular formula is C11H10ClFN2. The molecule has 0 unspecified atom stereocenters. The van der Waals surface area contributed by atoms with Crippen molar-refractivity contribution in [3.05, 3.63) is 34.7 Å². The molecule has 0 spiro atoms. The summed E-state index contributed by atoms with van der Waals surface area (Å²) in [5, 5.41) is 0.865. The Kier molecular flexibility index (Phi) is 2.49. The standard InChI is InChI=1S/C11H10ClFN2/c1-2-7-5-10(14)8-3-6(13)4-9(12)11(8)15-7/h3-5H,2H2,1H3,(H2,14,15). The molecule has 78 valence electrons. The Labute approximate surface area is 91.9 Å². The molecule has 2 nitrogen and oxygen atoms in total. The van der Waals surface area contributed by atoms with Crippen LogP contribution in [0.3, 0.4) is 0 Å². The number of fused-ring (bicyclic) bond motifs is 1. The zero-order valence-corrected chi connectivity index (χ0v) is 8.98. The van der Waals surface area contributed by atoms with Gasteiger partial charge in [0.2, 0.25) is 0 Å². The minimum absolute atomic E-state index is 0.298. The van der Waals surface area contributed by atoms with Gasteiger partial charge in [-0.2, -0.15) is 0 Å². The predicted molar refractivity (Wildman–Crippen MR) is 60.5 cm³/mol. The number of anilines is 1. The zero-order chi connectivity index (χ0) is 11.0. The van der Waals surface area contributed by atoms with Gasteiger partial charge in [-0.1, -0.05) is 18.5 Å². The molecule has 1 heterocycles. The number of rotatable bonds is 1. The van der Waals surface area contributed by atoms with Crippen molar-refractivity contribution in [3.63, 3.8) is 0 Å². The average Bonchev–Trinajstić information content (AvgIpc) is 2.19. The maximum absolute atomic E-state index is 13.1. The molecule has 0 aliphatic heterocycles. The molecule has 0 amide bonds. The van der Waals surface area contributed by atoms with Crippen LogP contribution in [0.5, 0.6) is 0 Å². The summed E-state index contributed by atoms with van der Waals surface area (Å²) in [6.07, 6.45) is 0.772. The Morgan fingerprint density at radius 3 is 2.80 bits per heavy atom. The molecule has 2 N–H and O–H groups in total. The second kappa shape index (κ2) is 3.66. The number of nitrogens with zero attached hydrogens (tertiary/aromatic N) is 1. The Morgan fingerprint density at radius 2 is 2.13 bits per heavy atom. The highest BCUT2D eigenvalue weighted by molar-refractivity contribution is 6.35. The number of nitrogens with two attached hydrogens (primary N) is 1. The molecule has 2 aromatic rings. The van der Waals surface area contributed by atoms with E-state index < -0.39 is 5.82 Å². The van der Waals surface area contributed by atoms with Gasteiger partial charge in [0.05, 0.1) is 10.5 Å². The van der Waals surface area contributed by atoms with Crippen LogP contribution in [-0.2, 0) is 6.42 Å². The smallest absolute Gasteiger partial charge is 0.125 e. The molecule has 0 aliphatic rings. The molecular weight excluding hydrogens is 215 g/mol. The first kappa shape index (κ1) is 10.2. The van der Waals surface area contributed by atoms with Gasteiger partial charge < -0.3 is 5.73 Å². The lowest BCUT2D eigenvalue weighted by molar-refractivity contribution is 0.629. The van der Waals surface area contributed by atoms with Gasteiger partial charge in [0.25, 0.3) is 0 Å². The van der Waals surface area contributed by atoms with E-state index in [2.05, 4.69) is 4.98 Å². The number of hydrogen-bond donors (Lipinski definition) is 1. The van der Waals surface area contributed by atoms with Gasteiger partial charge in [0.1, 0.15) is 5.82 Å². The Bertz CT molecular complexity index is 525. The van der Waals surface area contributed by atoms with Gasteiger partial charge in [0, 0.05) is 16.8 Å². The highest BCUT2D eigenvalue weighted by Gasteiger charge is 2.08. The fourth-order valence-corrected chi connectivity index (χ4v) is 1.76. The molecule has 0 bridgehead atoms. The first-order valence-electron chi connectivity index (χ1n) is 4.66. The minimum atomic E-state index is -0.398. The molecule has 0 aliphatic carbocycles. The number of pyridine rings is 1. The van der Waals surface area contributed by atoms with Gasteiger partial charge in [-0.15, -0.1) is 0 Å². The van der Waals surface area contributed by atoms with Crippen molar-refractivity contribution in [3.8, 4) is 0 Å². The lowest BCUT2D eigenvalue weighted by atomic mass is 10.1. The van der Waals surface area contributed by atoms with Crippen molar-refractivity contribution in [2.75, 3.05) is 5.73 Å². The highest BCUT2D eigenvalue weighted by atomic mass is 35.5.